The molecule has 3 rings (SSSR count). The van der Waals surface area contributed by atoms with E-state index in [2.05, 4.69) is 4.98 Å². The van der Waals surface area contributed by atoms with Gasteiger partial charge in [0.15, 0.2) is 16.8 Å². The van der Waals surface area contributed by atoms with E-state index >= 15 is 0 Å². The van der Waals surface area contributed by atoms with Gasteiger partial charge >= 0.3 is 6.18 Å². The van der Waals surface area contributed by atoms with Gasteiger partial charge in [-0.1, -0.05) is 24.3 Å². The molecule has 1 aliphatic heterocycles. The third kappa shape index (κ3) is 3.70. The maximum absolute atomic E-state index is 12.9. The first-order valence-electron chi connectivity index (χ1n) is 7.77. The first-order chi connectivity index (χ1) is 12.3. The molecule has 0 N–H and O–H groups in total. The highest BCUT2D eigenvalue weighted by atomic mass is 32.2. The molecular formula is C18H15F3N2O2S. The Kier molecular flexibility index (Phi) is 4.95. The topological polar surface area (TPSA) is 50.3 Å². The Morgan fingerprint density at radius 2 is 1.92 bits per heavy atom. The van der Waals surface area contributed by atoms with E-state index in [1.165, 1.54) is 16.6 Å². The van der Waals surface area contributed by atoms with Crippen LogP contribution in [-0.2, 0) is 22.0 Å². The van der Waals surface area contributed by atoms with Crippen LogP contribution in [0.5, 0.6) is 0 Å². The molecule has 2 aromatic rings. The molecule has 2 atom stereocenters. The van der Waals surface area contributed by atoms with Crippen molar-refractivity contribution < 1.29 is 22.2 Å². The van der Waals surface area contributed by atoms with E-state index in [1.54, 1.807) is 0 Å². The van der Waals surface area contributed by atoms with Crippen LogP contribution in [0.25, 0.3) is 0 Å². The Hall–Kier alpha value is -2.48. The summed E-state index contributed by atoms with van der Waals surface area (Å²) < 4.78 is 52.3. The van der Waals surface area contributed by atoms with Crippen LogP contribution in [0.2, 0.25) is 0 Å². The molecule has 0 bridgehead atoms. The van der Waals surface area contributed by atoms with Crippen molar-refractivity contribution >= 4 is 16.8 Å². The smallest absolute Gasteiger partial charge is 0.295 e. The number of rotatable bonds is 3. The molecule has 0 saturated heterocycles. The van der Waals surface area contributed by atoms with Gasteiger partial charge in [0.25, 0.3) is 0 Å². The number of aryl methyl sites for hydroxylation is 1. The monoisotopic (exact) mass is 380 g/mol. The maximum atomic E-state index is 12.9. The normalized spacial score (nSPS) is 18.8. The van der Waals surface area contributed by atoms with Crippen molar-refractivity contribution in [2.75, 3.05) is 0 Å². The van der Waals surface area contributed by atoms with E-state index in [0.717, 1.165) is 29.5 Å². The van der Waals surface area contributed by atoms with Gasteiger partial charge in [0.05, 0.1) is 10.9 Å². The number of pyridine rings is 1. The first kappa shape index (κ1) is 18.3. The number of carbonyl (C=O) groups excluding carboxylic acids is 1. The maximum Gasteiger partial charge on any atom is 0.433 e. The predicted octanol–water partition coefficient (Wildman–Crippen LogP) is 3.96. The molecule has 1 aromatic heterocycles. The Morgan fingerprint density at radius 1 is 1.19 bits per heavy atom. The lowest BCUT2D eigenvalue weighted by Gasteiger charge is -2.32. The van der Waals surface area contributed by atoms with Crippen LogP contribution >= 0.6 is 0 Å². The molecular weight excluding hydrogens is 365 g/mol. The fourth-order valence-corrected chi connectivity index (χ4v) is 3.92. The second-order valence-electron chi connectivity index (χ2n) is 5.84. The van der Waals surface area contributed by atoms with Gasteiger partial charge in [-0.2, -0.15) is 13.2 Å². The number of ketones is 1. The van der Waals surface area contributed by atoms with Crippen molar-refractivity contribution in [3.63, 3.8) is 0 Å². The third-order valence-electron chi connectivity index (χ3n) is 4.08. The zero-order valence-corrected chi connectivity index (χ0v) is 14.6. The lowest BCUT2D eigenvalue weighted by molar-refractivity contribution is -0.141. The molecule has 0 saturated carbocycles. The van der Waals surface area contributed by atoms with Crippen LogP contribution in [0, 0.1) is 6.92 Å². The average Bonchev–Trinajstić information content (AvgIpc) is 2.61. The van der Waals surface area contributed by atoms with Gasteiger partial charge in [-0.3, -0.25) is 14.1 Å². The molecule has 2 heterocycles. The number of halogens is 3. The fraction of sp³-hybridized carbons (Fsp3) is 0.222. The van der Waals surface area contributed by atoms with Gasteiger partial charge in [0, 0.05) is 18.8 Å². The van der Waals surface area contributed by atoms with Gasteiger partial charge in [-0.05, 0) is 36.3 Å². The summed E-state index contributed by atoms with van der Waals surface area (Å²) in [5, 5.41) is 0. The summed E-state index contributed by atoms with van der Waals surface area (Å²) in [5.74, 6) is -0.1000. The molecule has 1 aromatic carbocycles. The lowest BCUT2D eigenvalue weighted by Crippen LogP contribution is -2.31. The Morgan fingerprint density at radius 3 is 2.54 bits per heavy atom. The second-order valence-corrected chi connectivity index (χ2v) is 7.24. The van der Waals surface area contributed by atoms with E-state index in [9.17, 15) is 22.2 Å². The second kappa shape index (κ2) is 7.03. The zero-order chi connectivity index (χ0) is 18.9. The van der Waals surface area contributed by atoms with E-state index < -0.39 is 28.9 Å². The quantitative estimate of drug-likeness (QED) is 0.810. The summed E-state index contributed by atoms with van der Waals surface area (Å²) in [5.41, 5.74) is 0.740. The van der Waals surface area contributed by atoms with Crippen LogP contribution in [0.3, 0.4) is 0 Å². The highest BCUT2D eigenvalue weighted by Gasteiger charge is 2.33. The number of benzene rings is 1. The van der Waals surface area contributed by atoms with Gasteiger partial charge in [0.1, 0.15) is 5.69 Å². The third-order valence-corrected chi connectivity index (χ3v) is 5.48. The first-order valence-corrected chi connectivity index (χ1v) is 8.88. The van der Waals surface area contributed by atoms with Crippen molar-refractivity contribution in [2.24, 2.45) is 0 Å². The summed E-state index contributed by atoms with van der Waals surface area (Å²) >= 11 is 0. The minimum absolute atomic E-state index is 0.1000. The molecule has 26 heavy (non-hydrogen) atoms. The molecule has 136 valence electrons. The molecule has 0 amide bonds. The van der Waals surface area contributed by atoms with Gasteiger partial charge in [-0.25, -0.2) is 4.21 Å². The summed E-state index contributed by atoms with van der Waals surface area (Å²) in [4.78, 5) is 15.4. The Balaban J connectivity index is 1.94. The van der Waals surface area contributed by atoms with Gasteiger partial charge in [0.2, 0.25) is 0 Å². The standard InChI is InChI=1S/C18H15F3N2O2S/c1-12-4-2-3-5-15(12)16-10-13(24)8-9-23(16)26(25)14-6-7-17(22-11-14)18(19,20)21/h2-9,11,16H,10H2,1H3. The lowest BCUT2D eigenvalue weighted by atomic mass is 9.95. The van der Waals surface area contributed by atoms with Gasteiger partial charge < -0.3 is 0 Å². The molecule has 2 unspecified atom stereocenters. The highest BCUT2D eigenvalue weighted by Crippen LogP contribution is 2.34. The average molecular weight is 380 g/mol. The zero-order valence-electron chi connectivity index (χ0n) is 13.7. The number of hydrogen-bond donors (Lipinski definition) is 0. The van der Waals surface area contributed by atoms with Crippen LogP contribution in [0.15, 0.2) is 59.8 Å². The van der Waals surface area contributed by atoms with Crippen molar-refractivity contribution in [1.82, 2.24) is 9.29 Å². The minimum atomic E-state index is -4.55. The number of carbonyl (C=O) groups is 1. The van der Waals surface area contributed by atoms with Crippen LogP contribution in [0.4, 0.5) is 13.2 Å². The summed E-state index contributed by atoms with van der Waals surface area (Å²) in [6, 6.07) is 8.91. The van der Waals surface area contributed by atoms with Crippen molar-refractivity contribution in [3.8, 4) is 0 Å². The number of allylic oxidation sites excluding steroid dienone is 1. The number of nitrogens with zero attached hydrogens (tertiary/aromatic N) is 2. The van der Waals surface area contributed by atoms with Crippen LogP contribution in [-0.4, -0.2) is 19.3 Å². The van der Waals surface area contributed by atoms with Gasteiger partial charge in [-0.15, -0.1) is 0 Å². The molecule has 0 spiro atoms. The Labute approximate surface area is 150 Å². The van der Waals surface area contributed by atoms with Crippen LogP contribution in [0.1, 0.15) is 29.3 Å². The fourth-order valence-electron chi connectivity index (χ4n) is 2.76. The van der Waals surface area contributed by atoms with Crippen molar-refractivity contribution in [3.05, 3.63) is 71.7 Å². The van der Waals surface area contributed by atoms with Crippen molar-refractivity contribution in [2.45, 2.75) is 30.5 Å². The van der Waals surface area contributed by atoms with E-state index in [-0.39, 0.29) is 17.1 Å². The largest absolute Gasteiger partial charge is 0.433 e. The highest BCUT2D eigenvalue weighted by molar-refractivity contribution is 7.82. The molecule has 0 aliphatic carbocycles. The molecule has 0 radical (unpaired) electrons. The van der Waals surface area contributed by atoms with Crippen molar-refractivity contribution in [1.29, 1.82) is 0 Å². The molecule has 4 nitrogen and oxygen atoms in total. The Bertz CT molecular complexity index is 879. The summed E-state index contributed by atoms with van der Waals surface area (Å²) in [6.07, 6.45) is -0.707. The molecule has 1 aliphatic rings. The summed E-state index contributed by atoms with van der Waals surface area (Å²) in [6.45, 7) is 1.89. The summed E-state index contributed by atoms with van der Waals surface area (Å²) in [7, 11) is -1.79. The SMILES string of the molecule is Cc1ccccc1C1CC(=O)C=CN1S(=O)c1ccc(C(F)(F)F)nc1. The number of alkyl halides is 3. The number of aromatic nitrogens is 1. The predicted molar refractivity (Wildman–Crippen MR) is 90.2 cm³/mol. The van der Waals surface area contributed by atoms with E-state index in [4.69, 9.17) is 0 Å². The van der Waals surface area contributed by atoms with E-state index in [1.807, 2.05) is 31.2 Å². The minimum Gasteiger partial charge on any atom is -0.295 e. The number of hydrogen-bond acceptors (Lipinski definition) is 3. The van der Waals surface area contributed by atoms with Crippen LogP contribution < -0.4 is 0 Å². The molecule has 8 heteroatoms. The molecule has 0 fully saturated rings. The van der Waals surface area contributed by atoms with E-state index in [0.29, 0.717) is 0 Å².